The summed E-state index contributed by atoms with van der Waals surface area (Å²) in [6, 6.07) is 11.1. The number of hydrogen-bond donors (Lipinski definition) is 2. The number of hydrogen-bond acceptors (Lipinski definition) is 4. The first-order valence-corrected chi connectivity index (χ1v) is 8.87. The van der Waals surface area contributed by atoms with Gasteiger partial charge in [0.1, 0.15) is 6.04 Å². The van der Waals surface area contributed by atoms with Gasteiger partial charge in [0.15, 0.2) is 0 Å². The first kappa shape index (κ1) is 15.1. The lowest BCUT2D eigenvalue weighted by Gasteiger charge is -2.36. The molecule has 1 aromatic rings. The quantitative estimate of drug-likeness (QED) is 0.873. The molecule has 0 radical (unpaired) electrons. The number of hydrazine groups is 1. The van der Waals surface area contributed by atoms with Crippen LogP contribution in [0.3, 0.4) is 0 Å². The Morgan fingerprint density at radius 2 is 1.83 bits per heavy atom. The van der Waals surface area contributed by atoms with E-state index in [4.69, 9.17) is 0 Å². The van der Waals surface area contributed by atoms with Crippen LogP contribution in [-0.4, -0.2) is 54.0 Å². The number of benzene rings is 1. The minimum absolute atomic E-state index is 0.0110. The molecule has 3 atom stereocenters. The van der Waals surface area contributed by atoms with E-state index >= 15 is 0 Å². The standard InChI is InChI=1S/C18H26N4O/c23-18(17-15-7-4-8-16(15)19-20-17)22-11-9-21(10-12-22)13-14-5-2-1-3-6-14/h1-3,5-6,15-17,19-20H,4,7-13H2. The van der Waals surface area contributed by atoms with Gasteiger partial charge in [0.2, 0.25) is 5.91 Å². The molecule has 0 aromatic heterocycles. The molecule has 1 amide bonds. The van der Waals surface area contributed by atoms with E-state index in [2.05, 4.69) is 51.0 Å². The molecule has 0 bridgehead atoms. The summed E-state index contributed by atoms with van der Waals surface area (Å²) >= 11 is 0. The van der Waals surface area contributed by atoms with Crippen LogP contribution in [0.1, 0.15) is 24.8 Å². The molecule has 1 aromatic carbocycles. The Kier molecular flexibility index (Phi) is 4.33. The molecule has 23 heavy (non-hydrogen) atoms. The van der Waals surface area contributed by atoms with Gasteiger partial charge in [0.05, 0.1) is 0 Å². The Balaban J connectivity index is 1.30. The number of fused-ring (bicyclic) bond motifs is 1. The molecule has 2 heterocycles. The maximum atomic E-state index is 12.8. The highest BCUT2D eigenvalue weighted by Crippen LogP contribution is 2.32. The summed E-state index contributed by atoms with van der Waals surface area (Å²) in [4.78, 5) is 17.3. The van der Waals surface area contributed by atoms with Crippen LogP contribution in [0.25, 0.3) is 0 Å². The highest BCUT2D eigenvalue weighted by atomic mass is 16.2. The number of carbonyl (C=O) groups excluding carboxylic acids is 1. The molecule has 3 fully saturated rings. The van der Waals surface area contributed by atoms with E-state index in [-0.39, 0.29) is 6.04 Å². The van der Waals surface area contributed by atoms with Crippen molar-refractivity contribution in [1.82, 2.24) is 20.7 Å². The summed E-state index contributed by atoms with van der Waals surface area (Å²) in [6.45, 7) is 4.61. The van der Waals surface area contributed by atoms with Crippen molar-refractivity contribution < 1.29 is 4.79 Å². The van der Waals surface area contributed by atoms with Crippen LogP contribution in [0, 0.1) is 5.92 Å². The van der Waals surface area contributed by atoms with Gasteiger partial charge >= 0.3 is 0 Å². The van der Waals surface area contributed by atoms with Gasteiger partial charge in [0, 0.05) is 44.7 Å². The van der Waals surface area contributed by atoms with Gasteiger partial charge in [-0.05, 0) is 18.4 Å². The molecule has 2 aliphatic heterocycles. The third-order valence-corrected chi connectivity index (χ3v) is 5.62. The maximum absolute atomic E-state index is 12.8. The Morgan fingerprint density at radius 3 is 2.61 bits per heavy atom. The largest absolute Gasteiger partial charge is 0.339 e. The van der Waals surface area contributed by atoms with Crippen LogP contribution in [0.4, 0.5) is 0 Å². The van der Waals surface area contributed by atoms with E-state index in [1.165, 1.54) is 24.8 Å². The molecular formula is C18H26N4O. The van der Waals surface area contributed by atoms with Crippen molar-refractivity contribution >= 4 is 5.91 Å². The summed E-state index contributed by atoms with van der Waals surface area (Å²) in [6.07, 6.45) is 3.62. The highest BCUT2D eigenvalue weighted by Gasteiger charge is 2.44. The van der Waals surface area contributed by atoms with Crippen molar-refractivity contribution in [1.29, 1.82) is 0 Å². The molecule has 1 aliphatic carbocycles. The second kappa shape index (κ2) is 6.59. The van der Waals surface area contributed by atoms with Crippen molar-refractivity contribution in [3.05, 3.63) is 35.9 Å². The summed E-state index contributed by atoms with van der Waals surface area (Å²) in [5, 5.41) is 0. The number of amides is 1. The first-order valence-electron chi connectivity index (χ1n) is 8.87. The lowest BCUT2D eigenvalue weighted by Crippen LogP contribution is -2.54. The minimum Gasteiger partial charge on any atom is -0.339 e. The average Bonchev–Trinajstić information content (AvgIpc) is 3.19. The van der Waals surface area contributed by atoms with E-state index in [9.17, 15) is 4.79 Å². The van der Waals surface area contributed by atoms with Crippen LogP contribution < -0.4 is 10.9 Å². The van der Waals surface area contributed by atoms with Crippen LogP contribution >= 0.6 is 0 Å². The van der Waals surface area contributed by atoms with Gasteiger partial charge in [-0.15, -0.1) is 0 Å². The molecule has 2 saturated heterocycles. The average molecular weight is 314 g/mol. The van der Waals surface area contributed by atoms with Gasteiger partial charge in [-0.1, -0.05) is 36.8 Å². The zero-order valence-electron chi connectivity index (χ0n) is 13.6. The van der Waals surface area contributed by atoms with E-state index in [0.717, 1.165) is 32.7 Å². The molecule has 4 rings (SSSR count). The van der Waals surface area contributed by atoms with Gasteiger partial charge in [-0.3, -0.25) is 15.1 Å². The lowest BCUT2D eigenvalue weighted by molar-refractivity contribution is -0.136. The van der Waals surface area contributed by atoms with Gasteiger partial charge in [0.25, 0.3) is 0 Å². The molecular weight excluding hydrogens is 288 g/mol. The topological polar surface area (TPSA) is 47.6 Å². The Hall–Kier alpha value is -1.43. The second-order valence-electron chi connectivity index (χ2n) is 7.05. The van der Waals surface area contributed by atoms with E-state index < -0.39 is 0 Å². The molecule has 5 heteroatoms. The van der Waals surface area contributed by atoms with Crippen molar-refractivity contribution in [2.45, 2.75) is 37.9 Å². The second-order valence-corrected chi connectivity index (χ2v) is 7.05. The summed E-state index contributed by atoms with van der Waals surface area (Å²) in [5.74, 6) is 0.788. The van der Waals surface area contributed by atoms with Crippen LogP contribution in [-0.2, 0) is 11.3 Å². The number of nitrogens with zero attached hydrogens (tertiary/aromatic N) is 2. The fraction of sp³-hybridized carbons (Fsp3) is 0.611. The molecule has 3 aliphatic rings. The zero-order valence-corrected chi connectivity index (χ0v) is 13.6. The molecule has 124 valence electrons. The molecule has 2 N–H and O–H groups in total. The number of nitrogens with one attached hydrogen (secondary N) is 2. The Morgan fingerprint density at radius 1 is 1.04 bits per heavy atom. The van der Waals surface area contributed by atoms with Gasteiger partial charge in [-0.2, -0.15) is 0 Å². The fourth-order valence-electron chi connectivity index (χ4n) is 4.28. The Labute approximate surface area is 138 Å². The molecule has 1 saturated carbocycles. The van der Waals surface area contributed by atoms with Crippen molar-refractivity contribution in [2.75, 3.05) is 26.2 Å². The maximum Gasteiger partial charge on any atom is 0.241 e. The van der Waals surface area contributed by atoms with E-state index in [1.807, 2.05) is 0 Å². The number of piperazine rings is 1. The van der Waals surface area contributed by atoms with Gasteiger partial charge < -0.3 is 4.90 Å². The Bertz CT molecular complexity index is 541. The molecule has 0 spiro atoms. The fourth-order valence-corrected chi connectivity index (χ4v) is 4.28. The SMILES string of the molecule is O=C(C1NNC2CCCC21)N1CCN(Cc2ccccc2)CC1. The van der Waals surface area contributed by atoms with Crippen molar-refractivity contribution in [2.24, 2.45) is 5.92 Å². The minimum atomic E-state index is -0.0110. The summed E-state index contributed by atoms with van der Waals surface area (Å²) in [5.41, 5.74) is 7.92. The van der Waals surface area contributed by atoms with Crippen LogP contribution in [0.15, 0.2) is 30.3 Å². The number of rotatable bonds is 3. The molecule has 3 unspecified atom stereocenters. The normalized spacial score (nSPS) is 31.3. The van der Waals surface area contributed by atoms with Crippen LogP contribution in [0.5, 0.6) is 0 Å². The monoisotopic (exact) mass is 314 g/mol. The smallest absolute Gasteiger partial charge is 0.241 e. The predicted octanol–water partition coefficient (Wildman–Crippen LogP) is 0.976. The van der Waals surface area contributed by atoms with Gasteiger partial charge in [-0.25, -0.2) is 5.43 Å². The summed E-state index contributed by atoms with van der Waals surface area (Å²) < 4.78 is 0. The number of carbonyl (C=O) groups is 1. The third kappa shape index (κ3) is 3.13. The van der Waals surface area contributed by atoms with Crippen molar-refractivity contribution in [3.8, 4) is 0 Å². The zero-order chi connectivity index (χ0) is 15.6. The summed E-state index contributed by atoms with van der Waals surface area (Å²) in [7, 11) is 0. The van der Waals surface area contributed by atoms with Crippen LogP contribution in [0.2, 0.25) is 0 Å². The van der Waals surface area contributed by atoms with E-state index in [1.54, 1.807) is 0 Å². The third-order valence-electron chi connectivity index (χ3n) is 5.62. The molecule has 5 nitrogen and oxygen atoms in total. The van der Waals surface area contributed by atoms with E-state index in [0.29, 0.717) is 17.9 Å². The van der Waals surface area contributed by atoms with Crippen molar-refractivity contribution in [3.63, 3.8) is 0 Å². The predicted molar refractivity (Wildman–Crippen MR) is 89.5 cm³/mol. The first-order chi connectivity index (χ1) is 11.3. The highest BCUT2D eigenvalue weighted by molar-refractivity contribution is 5.82. The lowest BCUT2D eigenvalue weighted by atomic mass is 9.96.